The Kier molecular flexibility index (Phi) is 6.22. The molecule has 2 aliphatic heterocycles. The van der Waals surface area contributed by atoms with E-state index in [9.17, 15) is 9.59 Å². The molecular weight excluding hydrogens is 334 g/mol. The number of likely N-dealkylation sites (tertiary alicyclic amines) is 1. The van der Waals surface area contributed by atoms with Gasteiger partial charge in [-0.2, -0.15) is 0 Å². The molecule has 0 spiro atoms. The third kappa shape index (κ3) is 4.60. The number of likely N-dealkylation sites (N-methyl/N-ethyl adjacent to an activating group) is 1. The number of ether oxygens (including phenoxy) is 1. The highest BCUT2D eigenvalue weighted by atomic mass is 16.6. The van der Waals surface area contributed by atoms with Crippen LogP contribution < -0.4 is 4.90 Å². The lowest BCUT2D eigenvalue weighted by molar-refractivity contribution is -0.141. The third-order valence-electron chi connectivity index (χ3n) is 4.76. The molecule has 1 atom stereocenters. The van der Waals surface area contributed by atoms with Gasteiger partial charge in [-0.15, -0.1) is 0 Å². The van der Waals surface area contributed by atoms with Gasteiger partial charge in [-0.3, -0.25) is 9.59 Å². The Morgan fingerprint density at radius 2 is 2.00 bits per heavy atom. The third-order valence-corrected chi connectivity index (χ3v) is 4.76. The molecule has 140 valence electrons. The minimum Gasteiger partial charge on any atom is -0.386 e. The summed E-state index contributed by atoms with van der Waals surface area (Å²) in [6.45, 7) is 1.82. The Hall–Kier alpha value is -2.41. The van der Waals surface area contributed by atoms with Crippen LogP contribution >= 0.6 is 0 Å². The van der Waals surface area contributed by atoms with Crippen molar-refractivity contribution in [3.63, 3.8) is 0 Å². The molecule has 2 aliphatic rings. The summed E-state index contributed by atoms with van der Waals surface area (Å²) in [5, 5.41) is 4.09. The van der Waals surface area contributed by atoms with Crippen LogP contribution in [0.2, 0.25) is 0 Å². The maximum atomic E-state index is 12.3. The van der Waals surface area contributed by atoms with E-state index in [1.165, 1.54) is 0 Å². The summed E-state index contributed by atoms with van der Waals surface area (Å²) in [5.74, 6) is -0.0753. The molecule has 3 rings (SSSR count). The van der Waals surface area contributed by atoms with E-state index in [1.54, 1.807) is 11.9 Å². The van der Waals surface area contributed by atoms with Crippen LogP contribution in [0.4, 0.5) is 5.69 Å². The van der Waals surface area contributed by atoms with Crippen LogP contribution in [0, 0.1) is 0 Å². The number of piperidine rings is 1. The van der Waals surface area contributed by atoms with Gasteiger partial charge in [0.1, 0.15) is 6.10 Å². The Balaban J connectivity index is 1.41. The summed E-state index contributed by atoms with van der Waals surface area (Å²) in [5.41, 5.74) is 1.70. The summed E-state index contributed by atoms with van der Waals surface area (Å²) in [6, 6.07) is 9.40. The van der Waals surface area contributed by atoms with Crippen molar-refractivity contribution in [3.05, 3.63) is 30.3 Å². The average molecular weight is 359 g/mol. The van der Waals surface area contributed by atoms with Crippen molar-refractivity contribution < 1.29 is 19.2 Å². The second-order valence-electron chi connectivity index (χ2n) is 6.55. The summed E-state index contributed by atoms with van der Waals surface area (Å²) >= 11 is 0. The molecule has 0 bridgehead atoms. The lowest BCUT2D eigenvalue weighted by Gasteiger charge is -2.29. The number of oxime groups is 1. The van der Waals surface area contributed by atoms with Crippen LogP contribution in [-0.2, 0) is 19.2 Å². The number of amides is 2. The summed E-state index contributed by atoms with van der Waals surface area (Å²) in [4.78, 5) is 33.1. The number of benzene rings is 1. The SMILES string of the molecule is CN(C(=O)CON=C1CCN(C(=O)[C@@H]2CCCO2)CC1)c1ccccc1. The summed E-state index contributed by atoms with van der Waals surface area (Å²) in [6.07, 6.45) is 2.84. The van der Waals surface area contributed by atoms with Gasteiger partial charge in [-0.25, -0.2) is 0 Å². The van der Waals surface area contributed by atoms with E-state index in [0.717, 1.165) is 24.2 Å². The molecule has 0 radical (unpaired) electrons. The van der Waals surface area contributed by atoms with Gasteiger partial charge >= 0.3 is 0 Å². The fraction of sp³-hybridized carbons (Fsp3) is 0.526. The zero-order valence-electron chi connectivity index (χ0n) is 15.1. The molecule has 26 heavy (non-hydrogen) atoms. The minimum absolute atomic E-state index is 0.0853. The van der Waals surface area contributed by atoms with E-state index in [1.807, 2.05) is 35.2 Å². The molecule has 1 aromatic rings. The second kappa shape index (κ2) is 8.80. The molecule has 2 heterocycles. The van der Waals surface area contributed by atoms with Crippen molar-refractivity contribution in [2.24, 2.45) is 5.16 Å². The van der Waals surface area contributed by atoms with E-state index in [-0.39, 0.29) is 24.5 Å². The quantitative estimate of drug-likeness (QED) is 0.752. The van der Waals surface area contributed by atoms with E-state index >= 15 is 0 Å². The molecule has 0 N–H and O–H groups in total. The molecule has 7 nitrogen and oxygen atoms in total. The number of rotatable bonds is 5. The Morgan fingerprint density at radius 1 is 1.27 bits per heavy atom. The van der Waals surface area contributed by atoms with E-state index in [2.05, 4.69) is 5.16 Å². The first-order valence-electron chi connectivity index (χ1n) is 9.05. The van der Waals surface area contributed by atoms with Crippen LogP contribution in [0.15, 0.2) is 35.5 Å². The standard InChI is InChI=1S/C19H25N3O4/c1-21(16-6-3-2-4-7-16)18(23)14-26-20-15-9-11-22(12-10-15)19(24)17-8-5-13-25-17/h2-4,6-7,17H,5,8-14H2,1H3/t17-/m0/s1. The van der Waals surface area contributed by atoms with Crippen LogP contribution in [0.3, 0.4) is 0 Å². The fourth-order valence-electron chi connectivity index (χ4n) is 3.12. The molecule has 0 unspecified atom stereocenters. The van der Waals surface area contributed by atoms with Gasteiger partial charge in [0.25, 0.3) is 11.8 Å². The number of hydrogen-bond donors (Lipinski definition) is 0. The predicted octanol–water partition coefficient (Wildman–Crippen LogP) is 1.82. The van der Waals surface area contributed by atoms with Gasteiger partial charge in [0.2, 0.25) is 0 Å². The van der Waals surface area contributed by atoms with Crippen molar-refractivity contribution in [3.8, 4) is 0 Å². The zero-order valence-corrected chi connectivity index (χ0v) is 15.1. The number of nitrogens with zero attached hydrogens (tertiary/aromatic N) is 3. The number of hydrogen-bond acceptors (Lipinski definition) is 5. The molecule has 0 saturated carbocycles. The number of anilines is 1. The van der Waals surface area contributed by atoms with Crippen molar-refractivity contribution in [2.75, 3.05) is 38.3 Å². The Morgan fingerprint density at radius 3 is 2.65 bits per heavy atom. The van der Waals surface area contributed by atoms with Crippen LogP contribution in [-0.4, -0.2) is 61.9 Å². The van der Waals surface area contributed by atoms with Crippen molar-refractivity contribution in [1.29, 1.82) is 0 Å². The predicted molar refractivity (Wildman–Crippen MR) is 98.0 cm³/mol. The lowest BCUT2D eigenvalue weighted by atomic mass is 10.1. The van der Waals surface area contributed by atoms with Gasteiger partial charge in [0.05, 0.1) is 5.71 Å². The first-order chi connectivity index (χ1) is 12.6. The molecule has 2 amide bonds. The monoisotopic (exact) mass is 359 g/mol. The van der Waals surface area contributed by atoms with Crippen LogP contribution in [0.5, 0.6) is 0 Å². The van der Waals surface area contributed by atoms with Gasteiger partial charge in [-0.1, -0.05) is 23.4 Å². The van der Waals surface area contributed by atoms with E-state index in [4.69, 9.17) is 9.57 Å². The molecule has 2 saturated heterocycles. The molecule has 0 aromatic heterocycles. The minimum atomic E-state index is -0.268. The normalized spacial score (nSPS) is 20.0. The second-order valence-corrected chi connectivity index (χ2v) is 6.55. The lowest BCUT2D eigenvalue weighted by Crippen LogP contribution is -2.43. The number of carbonyl (C=O) groups is 2. The summed E-state index contributed by atoms with van der Waals surface area (Å²) in [7, 11) is 1.71. The molecule has 1 aromatic carbocycles. The zero-order chi connectivity index (χ0) is 18.4. The van der Waals surface area contributed by atoms with Gasteiger partial charge in [0.15, 0.2) is 6.61 Å². The highest BCUT2D eigenvalue weighted by Gasteiger charge is 2.30. The Bertz CT molecular complexity index is 646. The molecule has 0 aliphatic carbocycles. The maximum absolute atomic E-state index is 12.3. The van der Waals surface area contributed by atoms with Crippen molar-refractivity contribution in [1.82, 2.24) is 4.90 Å². The van der Waals surface area contributed by atoms with Gasteiger partial charge < -0.3 is 19.4 Å². The van der Waals surface area contributed by atoms with Crippen LogP contribution in [0.1, 0.15) is 25.7 Å². The van der Waals surface area contributed by atoms with E-state index < -0.39 is 0 Å². The van der Waals surface area contributed by atoms with Crippen molar-refractivity contribution >= 4 is 23.2 Å². The largest absolute Gasteiger partial charge is 0.386 e. The number of carbonyl (C=O) groups excluding carboxylic acids is 2. The fourth-order valence-corrected chi connectivity index (χ4v) is 3.12. The van der Waals surface area contributed by atoms with Crippen molar-refractivity contribution in [2.45, 2.75) is 31.8 Å². The number of para-hydroxylation sites is 1. The molecular formula is C19H25N3O4. The average Bonchev–Trinajstić information content (AvgIpc) is 3.23. The van der Waals surface area contributed by atoms with Gasteiger partial charge in [-0.05, 0) is 25.0 Å². The highest BCUT2D eigenvalue weighted by molar-refractivity contribution is 5.94. The molecule has 7 heteroatoms. The first-order valence-corrected chi connectivity index (χ1v) is 9.05. The van der Waals surface area contributed by atoms with Crippen LogP contribution in [0.25, 0.3) is 0 Å². The first kappa shape index (κ1) is 18.4. The summed E-state index contributed by atoms with van der Waals surface area (Å²) < 4.78 is 5.46. The van der Waals surface area contributed by atoms with Gasteiger partial charge in [0, 0.05) is 45.3 Å². The topological polar surface area (TPSA) is 71.4 Å². The van der Waals surface area contributed by atoms with E-state index in [0.29, 0.717) is 32.5 Å². The Labute approximate surface area is 153 Å². The maximum Gasteiger partial charge on any atom is 0.267 e. The smallest absolute Gasteiger partial charge is 0.267 e. The molecule has 2 fully saturated rings. The highest BCUT2D eigenvalue weighted by Crippen LogP contribution is 2.17.